The van der Waals surface area contributed by atoms with E-state index in [9.17, 15) is 0 Å². The van der Waals surface area contributed by atoms with Crippen LogP contribution in [0.15, 0.2) is 24.5 Å². The molecule has 0 bridgehead atoms. The van der Waals surface area contributed by atoms with Crippen molar-refractivity contribution >= 4 is 8.32 Å². The second kappa shape index (κ2) is 3.82. The molecule has 0 N–H and O–H groups in total. The molecule has 1 aromatic heterocycles. The van der Waals surface area contributed by atoms with Crippen LogP contribution in [0.2, 0.25) is 19.6 Å². The van der Waals surface area contributed by atoms with Crippen molar-refractivity contribution < 1.29 is 4.43 Å². The van der Waals surface area contributed by atoms with Crippen LogP contribution in [0.3, 0.4) is 0 Å². The van der Waals surface area contributed by atoms with Crippen molar-refractivity contribution in [1.82, 2.24) is 4.98 Å². The van der Waals surface area contributed by atoms with E-state index in [1.54, 1.807) is 6.20 Å². The van der Waals surface area contributed by atoms with Crippen LogP contribution in [0.4, 0.5) is 0 Å². The largest absolute Gasteiger partial charge is 0.413 e. The molecule has 0 radical (unpaired) electrons. The van der Waals surface area contributed by atoms with E-state index in [1.807, 2.05) is 18.3 Å². The Hall–Kier alpha value is -0.673. The van der Waals surface area contributed by atoms with E-state index >= 15 is 0 Å². The molecule has 0 amide bonds. The summed E-state index contributed by atoms with van der Waals surface area (Å²) in [5, 5.41) is 0. The van der Waals surface area contributed by atoms with Crippen molar-refractivity contribution in [2.75, 3.05) is 0 Å². The highest BCUT2D eigenvalue weighted by Gasteiger charge is 2.13. The van der Waals surface area contributed by atoms with Crippen LogP contribution >= 0.6 is 0 Å². The second-order valence-electron chi connectivity index (χ2n) is 3.76. The minimum Gasteiger partial charge on any atom is -0.413 e. The maximum Gasteiger partial charge on any atom is 0.184 e. The Morgan fingerprint density at radius 2 is 2.17 bits per heavy atom. The van der Waals surface area contributed by atoms with E-state index in [0.29, 0.717) is 6.61 Å². The van der Waals surface area contributed by atoms with Gasteiger partial charge in [-0.15, -0.1) is 0 Å². The van der Waals surface area contributed by atoms with Gasteiger partial charge in [0, 0.05) is 12.4 Å². The zero-order valence-corrected chi connectivity index (χ0v) is 8.87. The van der Waals surface area contributed by atoms with Crippen LogP contribution < -0.4 is 0 Å². The standard InChI is InChI=1S/C9H15NOSi/c1-12(2,3)11-8-9-5-4-6-10-7-9/h4-7H,8H2,1-3H3. The number of hydrogen-bond acceptors (Lipinski definition) is 2. The van der Waals surface area contributed by atoms with Gasteiger partial charge in [-0.1, -0.05) is 6.07 Å². The van der Waals surface area contributed by atoms with E-state index in [1.165, 1.54) is 0 Å². The minimum absolute atomic E-state index is 0.698. The number of rotatable bonds is 3. The topological polar surface area (TPSA) is 22.1 Å². The molecular formula is C9H15NOSi. The summed E-state index contributed by atoms with van der Waals surface area (Å²) in [6, 6.07) is 3.97. The summed E-state index contributed by atoms with van der Waals surface area (Å²) in [7, 11) is -1.37. The van der Waals surface area contributed by atoms with Crippen LogP contribution in [0.5, 0.6) is 0 Å². The highest BCUT2D eigenvalue weighted by atomic mass is 28.4. The molecule has 1 heterocycles. The smallest absolute Gasteiger partial charge is 0.184 e. The number of hydrogen-bond donors (Lipinski definition) is 0. The monoisotopic (exact) mass is 181 g/mol. The van der Waals surface area contributed by atoms with E-state index in [0.717, 1.165) is 5.56 Å². The molecule has 0 saturated heterocycles. The van der Waals surface area contributed by atoms with Crippen LogP contribution in [-0.2, 0) is 11.0 Å². The van der Waals surface area contributed by atoms with Gasteiger partial charge >= 0.3 is 0 Å². The van der Waals surface area contributed by atoms with Gasteiger partial charge in [0.15, 0.2) is 8.32 Å². The predicted molar refractivity (Wildman–Crippen MR) is 52.4 cm³/mol. The Balaban J connectivity index is 2.44. The molecule has 0 spiro atoms. The van der Waals surface area contributed by atoms with Gasteiger partial charge in [0.2, 0.25) is 0 Å². The fourth-order valence-electron chi connectivity index (χ4n) is 0.783. The number of nitrogens with zero attached hydrogens (tertiary/aromatic N) is 1. The van der Waals surface area contributed by atoms with Crippen LogP contribution in [-0.4, -0.2) is 13.3 Å². The van der Waals surface area contributed by atoms with Crippen LogP contribution in [0.1, 0.15) is 5.56 Å². The zero-order valence-electron chi connectivity index (χ0n) is 7.87. The first-order valence-corrected chi connectivity index (χ1v) is 7.52. The summed E-state index contributed by atoms with van der Waals surface area (Å²) in [4.78, 5) is 4.02. The first-order valence-electron chi connectivity index (χ1n) is 4.11. The summed E-state index contributed by atoms with van der Waals surface area (Å²) in [5.41, 5.74) is 1.15. The molecule has 66 valence electrons. The highest BCUT2D eigenvalue weighted by molar-refractivity contribution is 6.69. The molecule has 3 heteroatoms. The van der Waals surface area contributed by atoms with Gasteiger partial charge in [0.25, 0.3) is 0 Å². The Morgan fingerprint density at radius 3 is 2.67 bits per heavy atom. The van der Waals surface area contributed by atoms with Crippen molar-refractivity contribution in [3.63, 3.8) is 0 Å². The van der Waals surface area contributed by atoms with E-state index in [-0.39, 0.29) is 0 Å². The van der Waals surface area contributed by atoms with Crippen LogP contribution in [0, 0.1) is 0 Å². The molecule has 0 aliphatic carbocycles. The molecular weight excluding hydrogens is 166 g/mol. The molecule has 1 aromatic rings. The van der Waals surface area contributed by atoms with Gasteiger partial charge in [-0.25, -0.2) is 0 Å². The average Bonchev–Trinajstić information content (AvgIpc) is 2.02. The van der Waals surface area contributed by atoms with Gasteiger partial charge in [-0.05, 0) is 31.3 Å². The first kappa shape index (κ1) is 9.42. The minimum atomic E-state index is -1.37. The lowest BCUT2D eigenvalue weighted by molar-refractivity contribution is 0.299. The van der Waals surface area contributed by atoms with E-state index in [4.69, 9.17) is 4.43 Å². The summed E-state index contributed by atoms with van der Waals surface area (Å²) in [6.07, 6.45) is 3.62. The molecule has 0 atom stereocenters. The van der Waals surface area contributed by atoms with Crippen molar-refractivity contribution in [2.24, 2.45) is 0 Å². The third-order valence-corrected chi connectivity index (χ3v) is 2.41. The third-order valence-electron chi connectivity index (χ3n) is 1.39. The van der Waals surface area contributed by atoms with Gasteiger partial charge in [0.1, 0.15) is 0 Å². The average molecular weight is 181 g/mol. The summed E-state index contributed by atoms with van der Waals surface area (Å²) in [5.74, 6) is 0. The maximum atomic E-state index is 5.71. The van der Waals surface area contributed by atoms with Gasteiger partial charge in [-0.2, -0.15) is 0 Å². The Morgan fingerprint density at radius 1 is 1.42 bits per heavy atom. The third kappa shape index (κ3) is 3.64. The lowest BCUT2D eigenvalue weighted by Gasteiger charge is -2.16. The van der Waals surface area contributed by atoms with E-state index in [2.05, 4.69) is 24.6 Å². The Labute approximate surface area is 74.7 Å². The molecule has 0 aliphatic heterocycles. The second-order valence-corrected chi connectivity index (χ2v) is 8.28. The Bertz CT molecular complexity index is 230. The van der Waals surface area contributed by atoms with Crippen molar-refractivity contribution in [3.05, 3.63) is 30.1 Å². The highest BCUT2D eigenvalue weighted by Crippen LogP contribution is 2.07. The fourth-order valence-corrected chi connectivity index (χ4v) is 1.38. The summed E-state index contributed by atoms with van der Waals surface area (Å²) in [6.45, 7) is 7.25. The Kier molecular flexibility index (Phi) is 3.00. The molecule has 1 rings (SSSR count). The van der Waals surface area contributed by atoms with Crippen molar-refractivity contribution in [3.8, 4) is 0 Å². The van der Waals surface area contributed by atoms with E-state index < -0.39 is 8.32 Å². The summed E-state index contributed by atoms with van der Waals surface area (Å²) >= 11 is 0. The first-order chi connectivity index (χ1) is 5.58. The fraction of sp³-hybridized carbons (Fsp3) is 0.444. The predicted octanol–water partition coefficient (Wildman–Crippen LogP) is 2.43. The quantitative estimate of drug-likeness (QED) is 0.668. The molecule has 0 saturated carbocycles. The lowest BCUT2D eigenvalue weighted by Crippen LogP contribution is -2.24. The summed E-state index contributed by atoms with van der Waals surface area (Å²) < 4.78 is 5.71. The number of aromatic nitrogens is 1. The molecule has 0 aromatic carbocycles. The SMILES string of the molecule is C[Si](C)(C)OCc1cccnc1. The maximum absolute atomic E-state index is 5.71. The van der Waals surface area contributed by atoms with Crippen molar-refractivity contribution in [2.45, 2.75) is 26.2 Å². The zero-order chi connectivity index (χ0) is 9.03. The lowest BCUT2D eigenvalue weighted by atomic mass is 10.3. The molecule has 0 unspecified atom stereocenters. The van der Waals surface area contributed by atoms with Gasteiger partial charge in [-0.3, -0.25) is 4.98 Å². The molecule has 0 aliphatic rings. The van der Waals surface area contributed by atoms with Crippen molar-refractivity contribution in [1.29, 1.82) is 0 Å². The molecule has 0 fully saturated rings. The molecule has 12 heavy (non-hydrogen) atoms. The normalized spacial score (nSPS) is 11.6. The number of pyridine rings is 1. The molecule has 2 nitrogen and oxygen atoms in total. The van der Waals surface area contributed by atoms with Gasteiger partial charge in [0.05, 0.1) is 6.61 Å². The van der Waals surface area contributed by atoms with Crippen LogP contribution in [0.25, 0.3) is 0 Å². The van der Waals surface area contributed by atoms with Gasteiger partial charge < -0.3 is 4.43 Å².